The van der Waals surface area contributed by atoms with Gasteiger partial charge in [0.05, 0.1) is 5.92 Å². The van der Waals surface area contributed by atoms with Crippen LogP contribution in [0.3, 0.4) is 0 Å². The molecule has 0 spiro atoms. The highest BCUT2D eigenvalue weighted by atomic mass is 16.4. The Balaban J connectivity index is 1.91. The van der Waals surface area contributed by atoms with Gasteiger partial charge in [-0.2, -0.15) is 5.21 Å². The number of carboxylic acid groups (broad SMARTS) is 1. The second kappa shape index (κ2) is 6.68. The molecule has 22 heavy (non-hydrogen) atoms. The normalized spacial score (nSPS) is 18.2. The van der Waals surface area contributed by atoms with E-state index >= 15 is 0 Å². The molecule has 1 aliphatic rings. The van der Waals surface area contributed by atoms with Crippen LogP contribution in [0, 0.1) is 11.8 Å². The maximum absolute atomic E-state index is 11.9. The highest BCUT2D eigenvalue weighted by Gasteiger charge is 2.39. The van der Waals surface area contributed by atoms with Crippen molar-refractivity contribution in [2.24, 2.45) is 11.8 Å². The molecule has 6 nitrogen and oxygen atoms in total. The van der Waals surface area contributed by atoms with Crippen molar-refractivity contribution in [3.05, 3.63) is 41.7 Å². The Hall–Kier alpha value is -2.24. The molecule has 1 aliphatic carbocycles. The SMILES string of the molecule is O=C(O)C(C1CCCC1)[C@H](Cc1ccccc1)c1nn[nH]n1. The van der Waals surface area contributed by atoms with Crippen LogP contribution < -0.4 is 0 Å². The van der Waals surface area contributed by atoms with Crippen molar-refractivity contribution in [3.63, 3.8) is 0 Å². The van der Waals surface area contributed by atoms with Crippen LogP contribution >= 0.6 is 0 Å². The van der Waals surface area contributed by atoms with Crippen LogP contribution in [0.2, 0.25) is 0 Å². The standard InChI is InChI=1S/C16H20N4O2/c21-16(22)14(12-8-4-5-9-12)13(15-17-19-20-18-15)10-11-6-2-1-3-7-11/h1-3,6-7,12-14H,4-5,8-10H2,(H,21,22)(H,17,18,19,20)/t13-,14?/m0/s1. The zero-order valence-electron chi connectivity index (χ0n) is 12.4. The molecule has 1 saturated carbocycles. The number of hydrogen-bond donors (Lipinski definition) is 2. The number of tetrazole rings is 1. The lowest BCUT2D eigenvalue weighted by Gasteiger charge is -2.26. The number of carboxylic acids is 1. The van der Waals surface area contributed by atoms with Crippen molar-refractivity contribution < 1.29 is 9.90 Å². The van der Waals surface area contributed by atoms with E-state index in [0.717, 1.165) is 31.2 Å². The summed E-state index contributed by atoms with van der Waals surface area (Å²) in [5.41, 5.74) is 1.10. The van der Waals surface area contributed by atoms with E-state index in [-0.39, 0.29) is 11.8 Å². The molecule has 6 heteroatoms. The zero-order chi connectivity index (χ0) is 15.4. The summed E-state index contributed by atoms with van der Waals surface area (Å²) in [6.07, 6.45) is 4.78. The second-order valence-electron chi connectivity index (χ2n) is 5.97. The molecule has 0 amide bonds. The average Bonchev–Trinajstić information content (AvgIpc) is 3.21. The van der Waals surface area contributed by atoms with Gasteiger partial charge in [-0.05, 0) is 30.7 Å². The fourth-order valence-electron chi connectivity index (χ4n) is 3.59. The summed E-state index contributed by atoms with van der Waals surface area (Å²) < 4.78 is 0. The first kappa shape index (κ1) is 14.7. The van der Waals surface area contributed by atoms with Crippen LogP contribution in [-0.2, 0) is 11.2 Å². The third-order valence-electron chi connectivity index (χ3n) is 4.62. The molecule has 116 valence electrons. The number of rotatable bonds is 6. The Kier molecular flexibility index (Phi) is 4.46. The predicted molar refractivity (Wildman–Crippen MR) is 80.1 cm³/mol. The quantitative estimate of drug-likeness (QED) is 0.854. The number of aliphatic carboxylic acids is 1. The fourth-order valence-corrected chi connectivity index (χ4v) is 3.59. The van der Waals surface area contributed by atoms with E-state index in [1.807, 2.05) is 30.3 Å². The summed E-state index contributed by atoms with van der Waals surface area (Å²) >= 11 is 0. The van der Waals surface area contributed by atoms with Gasteiger partial charge in [-0.1, -0.05) is 48.4 Å². The van der Waals surface area contributed by atoms with Crippen molar-refractivity contribution in [2.45, 2.75) is 38.0 Å². The highest BCUT2D eigenvalue weighted by molar-refractivity contribution is 5.71. The first-order valence-electron chi connectivity index (χ1n) is 7.76. The average molecular weight is 300 g/mol. The van der Waals surface area contributed by atoms with Crippen LogP contribution in [-0.4, -0.2) is 31.7 Å². The smallest absolute Gasteiger partial charge is 0.307 e. The summed E-state index contributed by atoms with van der Waals surface area (Å²) in [6.45, 7) is 0. The first-order chi connectivity index (χ1) is 10.8. The number of aromatic nitrogens is 4. The molecule has 2 atom stereocenters. The third kappa shape index (κ3) is 3.16. The number of nitrogens with zero attached hydrogens (tertiary/aromatic N) is 3. The van der Waals surface area contributed by atoms with E-state index in [9.17, 15) is 9.90 Å². The molecule has 2 aromatic rings. The van der Waals surface area contributed by atoms with Crippen molar-refractivity contribution in [1.29, 1.82) is 0 Å². The van der Waals surface area contributed by atoms with E-state index in [2.05, 4.69) is 20.6 Å². The molecule has 1 unspecified atom stereocenters. The number of nitrogens with one attached hydrogen (secondary N) is 1. The lowest BCUT2D eigenvalue weighted by molar-refractivity contribution is -0.144. The zero-order valence-corrected chi connectivity index (χ0v) is 12.4. The second-order valence-corrected chi connectivity index (χ2v) is 5.97. The van der Waals surface area contributed by atoms with Crippen LogP contribution in [0.15, 0.2) is 30.3 Å². The molecular weight excluding hydrogens is 280 g/mol. The van der Waals surface area contributed by atoms with Crippen LogP contribution in [0.25, 0.3) is 0 Å². The number of H-pyrrole nitrogens is 1. The van der Waals surface area contributed by atoms with Gasteiger partial charge < -0.3 is 5.11 Å². The molecular formula is C16H20N4O2. The number of aromatic amines is 1. The molecule has 1 heterocycles. The molecule has 0 bridgehead atoms. The monoisotopic (exact) mass is 300 g/mol. The topological polar surface area (TPSA) is 91.8 Å². The fraction of sp³-hybridized carbons (Fsp3) is 0.500. The maximum Gasteiger partial charge on any atom is 0.307 e. The first-order valence-corrected chi connectivity index (χ1v) is 7.76. The summed E-state index contributed by atoms with van der Waals surface area (Å²) in [5.74, 6) is -0.757. The van der Waals surface area contributed by atoms with Gasteiger partial charge in [0.2, 0.25) is 0 Å². The number of hydrogen-bond acceptors (Lipinski definition) is 4. The molecule has 1 fully saturated rings. The largest absolute Gasteiger partial charge is 0.481 e. The van der Waals surface area contributed by atoms with E-state index in [0.29, 0.717) is 12.2 Å². The maximum atomic E-state index is 11.9. The van der Waals surface area contributed by atoms with E-state index < -0.39 is 11.9 Å². The lowest BCUT2D eigenvalue weighted by atomic mass is 9.77. The molecule has 0 radical (unpaired) electrons. The van der Waals surface area contributed by atoms with Gasteiger partial charge in [-0.3, -0.25) is 4.79 Å². The van der Waals surface area contributed by atoms with Gasteiger partial charge in [-0.25, -0.2) is 0 Å². The van der Waals surface area contributed by atoms with E-state index in [1.54, 1.807) is 0 Å². The Morgan fingerprint density at radius 2 is 2.00 bits per heavy atom. The van der Waals surface area contributed by atoms with Gasteiger partial charge in [0.15, 0.2) is 5.82 Å². The Bertz CT molecular complexity index is 594. The lowest BCUT2D eigenvalue weighted by Crippen LogP contribution is -2.30. The minimum Gasteiger partial charge on any atom is -0.481 e. The molecule has 0 aliphatic heterocycles. The summed E-state index contributed by atoms with van der Waals surface area (Å²) in [6, 6.07) is 9.92. The minimum atomic E-state index is -0.752. The van der Waals surface area contributed by atoms with Crippen LogP contribution in [0.4, 0.5) is 0 Å². The Morgan fingerprint density at radius 1 is 1.27 bits per heavy atom. The van der Waals surface area contributed by atoms with E-state index in [4.69, 9.17) is 0 Å². The van der Waals surface area contributed by atoms with Gasteiger partial charge >= 0.3 is 5.97 Å². The molecule has 2 N–H and O–H groups in total. The van der Waals surface area contributed by atoms with Crippen molar-refractivity contribution in [1.82, 2.24) is 20.6 Å². The van der Waals surface area contributed by atoms with Crippen LogP contribution in [0.5, 0.6) is 0 Å². The molecule has 3 rings (SSSR count). The number of carbonyl (C=O) groups is 1. The van der Waals surface area contributed by atoms with Gasteiger partial charge in [0, 0.05) is 5.92 Å². The Morgan fingerprint density at radius 3 is 2.59 bits per heavy atom. The minimum absolute atomic E-state index is 0.199. The Labute approximate surface area is 128 Å². The van der Waals surface area contributed by atoms with Crippen molar-refractivity contribution in [3.8, 4) is 0 Å². The predicted octanol–water partition coefficient (Wildman–Crippen LogP) is 2.42. The van der Waals surface area contributed by atoms with Gasteiger partial charge in [0.1, 0.15) is 0 Å². The van der Waals surface area contributed by atoms with E-state index in [1.165, 1.54) is 0 Å². The van der Waals surface area contributed by atoms with Gasteiger partial charge in [0.25, 0.3) is 0 Å². The van der Waals surface area contributed by atoms with Crippen molar-refractivity contribution >= 4 is 5.97 Å². The molecule has 1 aromatic carbocycles. The molecule has 0 saturated heterocycles. The van der Waals surface area contributed by atoms with Crippen LogP contribution in [0.1, 0.15) is 43.0 Å². The summed E-state index contributed by atoms with van der Waals surface area (Å²) in [7, 11) is 0. The third-order valence-corrected chi connectivity index (χ3v) is 4.62. The summed E-state index contributed by atoms with van der Waals surface area (Å²) in [4.78, 5) is 11.9. The van der Waals surface area contributed by atoms with Crippen molar-refractivity contribution in [2.75, 3.05) is 0 Å². The number of benzene rings is 1. The van der Waals surface area contributed by atoms with Gasteiger partial charge in [-0.15, -0.1) is 10.2 Å². The highest BCUT2D eigenvalue weighted by Crippen LogP contribution is 2.40. The molecule has 1 aromatic heterocycles. The summed E-state index contributed by atoms with van der Waals surface area (Å²) in [5, 5.41) is 24.0.